The summed E-state index contributed by atoms with van der Waals surface area (Å²) in [7, 11) is 1.95. The van der Waals surface area contributed by atoms with Crippen LogP contribution in [0.3, 0.4) is 0 Å². The van der Waals surface area contributed by atoms with Gasteiger partial charge in [0.2, 0.25) is 0 Å². The maximum atomic E-state index is 13.3. The molecule has 0 aliphatic carbocycles. The second-order valence-corrected chi connectivity index (χ2v) is 5.19. The Morgan fingerprint density at radius 3 is 2.37 bits per heavy atom. The lowest BCUT2D eigenvalue weighted by Crippen LogP contribution is -2.23. The van der Waals surface area contributed by atoms with E-state index < -0.39 is 0 Å². The van der Waals surface area contributed by atoms with Crippen molar-refractivity contribution in [3.05, 3.63) is 58.9 Å². The topological polar surface area (TPSA) is 12.0 Å². The maximum Gasteiger partial charge on any atom is 0.125 e. The molecule has 0 aliphatic rings. The molecule has 0 bridgehead atoms. The van der Waals surface area contributed by atoms with Crippen molar-refractivity contribution in [3.8, 4) is 11.1 Å². The highest BCUT2D eigenvalue weighted by molar-refractivity contribution is 6.30. The van der Waals surface area contributed by atoms with Crippen LogP contribution < -0.4 is 5.32 Å². The Labute approximate surface area is 118 Å². The number of benzene rings is 2. The van der Waals surface area contributed by atoms with Gasteiger partial charge in [0.1, 0.15) is 5.82 Å². The molecule has 0 radical (unpaired) electrons. The lowest BCUT2D eigenvalue weighted by atomic mass is 10.0. The van der Waals surface area contributed by atoms with Crippen molar-refractivity contribution in [1.82, 2.24) is 5.32 Å². The molecule has 0 saturated carbocycles. The predicted octanol–water partition coefficient (Wildman–Crippen LogP) is 4.30. The molecule has 2 aromatic rings. The van der Waals surface area contributed by atoms with Gasteiger partial charge >= 0.3 is 0 Å². The van der Waals surface area contributed by atoms with Crippen molar-refractivity contribution in [2.24, 2.45) is 0 Å². The average Bonchev–Trinajstić information content (AvgIpc) is 2.38. The Bertz CT molecular complexity index is 531. The Morgan fingerprint density at radius 1 is 1.11 bits per heavy atom. The molecule has 0 heterocycles. The highest BCUT2D eigenvalue weighted by atomic mass is 35.5. The molecule has 0 aromatic heterocycles. The monoisotopic (exact) mass is 277 g/mol. The molecule has 1 unspecified atom stereocenters. The van der Waals surface area contributed by atoms with Gasteiger partial charge in [0.15, 0.2) is 0 Å². The van der Waals surface area contributed by atoms with Crippen LogP contribution in [-0.4, -0.2) is 13.1 Å². The Balaban J connectivity index is 2.22. The van der Waals surface area contributed by atoms with E-state index in [9.17, 15) is 4.39 Å². The summed E-state index contributed by atoms with van der Waals surface area (Å²) in [5, 5.41) is 3.63. The molecule has 0 spiro atoms. The zero-order valence-electron chi connectivity index (χ0n) is 11.1. The van der Waals surface area contributed by atoms with Gasteiger partial charge in [-0.2, -0.15) is 0 Å². The molecule has 1 nitrogen and oxygen atoms in total. The Hall–Kier alpha value is -1.38. The van der Waals surface area contributed by atoms with Gasteiger partial charge in [-0.3, -0.25) is 0 Å². The van der Waals surface area contributed by atoms with E-state index in [1.165, 1.54) is 17.7 Å². The molecular weight excluding hydrogens is 261 g/mol. The third-order valence-corrected chi connectivity index (χ3v) is 3.40. The van der Waals surface area contributed by atoms with Crippen LogP contribution in [0.1, 0.15) is 12.5 Å². The van der Waals surface area contributed by atoms with Crippen LogP contribution in [0.2, 0.25) is 5.02 Å². The van der Waals surface area contributed by atoms with Crippen LogP contribution in [0.25, 0.3) is 11.1 Å². The molecule has 0 aliphatic heterocycles. The molecule has 0 saturated heterocycles. The first kappa shape index (κ1) is 14.0. The molecule has 0 amide bonds. The molecule has 3 heteroatoms. The van der Waals surface area contributed by atoms with Gasteiger partial charge in [0, 0.05) is 11.1 Å². The second-order valence-electron chi connectivity index (χ2n) is 4.75. The van der Waals surface area contributed by atoms with E-state index in [2.05, 4.69) is 24.4 Å². The molecule has 0 fully saturated rings. The van der Waals surface area contributed by atoms with E-state index in [-0.39, 0.29) is 5.82 Å². The highest BCUT2D eigenvalue weighted by Crippen LogP contribution is 2.24. The molecule has 1 atom stereocenters. The first-order chi connectivity index (χ1) is 9.08. The van der Waals surface area contributed by atoms with Crippen LogP contribution >= 0.6 is 11.6 Å². The number of hydrogen-bond donors (Lipinski definition) is 1. The standard InChI is InChI=1S/C16H17ClFN/c1-11(19-2)7-12-3-5-13(6-4-12)14-8-15(17)10-16(18)9-14/h3-6,8-11,19H,7H2,1-2H3. The van der Waals surface area contributed by atoms with Crippen molar-refractivity contribution >= 4 is 11.6 Å². The van der Waals surface area contributed by atoms with Gasteiger partial charge in [-0.05, 0) is 55.3 Å². The number of halogens is 2. The summed E-state index contributed by atoms with van der Waals surface area (Å²) in [4.78, 5) is 0. The molecule has 2 aromatic carbocycles. The van der Waals surface area contributed by atoms with Crippen molar-refractivity contribution in [3.63, 3.8) is 0 Å². The van der Waals surface area contributed by atoms with Crippen molar-refractivity contribution in [2.75, 3.05) is 7.05 Å². The average molecular weight is 278 g/mol. The first-order valence-corrected chi connectivity index (χ1v) is 6.69. The predicted molar refractivity (Wildman–Crippen MR) is 79.1 cm³/mol. The smallest absolute Gasteiger partial charge is 0.125 e. The quantitative estimate of drug-likeness (QED) is 0.879. The minimum Gasteiger partial charge on any atom is -0.317 e. The first-order valence-electron chi connectivity index (χ1n) is 6.31. The summed E-state index contributed by atoms with van der Waals surface area (Å²) in [6, 6.07) is 13.2. The van der Waals surface area contributed by atoms with Crippen LogP contribution in [0.4, 0.5) is 4.39 Å². The van der Waals surface area contributed by atoms with Crippen LogP contribution in [0, 0.1) is 5.82 Å². The fourth-order valence-electron chi connectivity index (χ4n) is 2.01. The molecule has 19 heavy (non-hydrogen) atoms. The lowest BCUT2D eigenvalue weighted by molar-refractivity contribution is 0.608. The number of nitrogens with one attached hydrogen (secondary N) is 1. The van der Waals surface area contributed by atoms with E-state index in [0.29, 0.717) is 11.1 Å². The van der Waals surface area contributed by atoms with Gasteiger partial charge < -0.3 is 5.32 Å². The van der Waals surface area contributed by atoms with Gasteiger partial charge in [-0.1, -0.05) is 35.9 Å². The van der Waals surface area contributed by atoms with E-state index >= 15 is 0 Å². The van der Waals surface area contributed by atoms with Gasteiger partial charge in [-0.25, -0.2) is 4.39 Å². The summed E-state index contributed by atoms with van der Waals surface area (Å²) in [6.07, 6.45) is 0.973. The summed E-state index contributed by atoms with van der Waals surface area (Å²) in [5.41, 5.74) is 3.04. The summed E-state index contributed by atoms with van der Waals surface area (Å²) < 4.78 is 13.3. The largest absolute Gasteiger partial charge is 0.317 e. The normalized spacial score (nSPS) is 12.4. The lowest BCUT2D eigenvalue weighted by Gasteiger charge is -2.10. The number of hydrogen-bond acceptors (Lipinski definition) is 1. The maximum absolute atomic E-state index is 13.3. The van der Waals surface area contributed by atoms with Crippen LogP contribution in [0.15, 0.2) is 42.5 Å². The van der Waals surface area contributed by atoms with Crippen LogP contribution in [0.5, 0.6) is 0 Å². The zero-order valence-corrected chi connectivity index (χ0v) is 11.8. The highest BCUT2D eigenvalue weighted by Gasteiger charge is 2.04. The zero-order chi connectivity index (χ0) is 13.8. The van der Waals surface area contributed by atoms with E-state index in [1.807, 2.05) is 19.2 Å². The van der Waals surface area contributed by atoms with E-state index in [4.69, 9.17) is 11.6 Å². The second kappa shape index (κ2) is 6.18. The molecule has 100 valence electrons. The minimum absolute atomic E-state index is 0.310. The van der Waals surface area contributed by atoms with Crippen molar-refractivity contribution in [2.45, 2.75) is 19.4 Å². The molecule has 2 rings (SSSR count). The summed E-state index contributed by atoms with van der Waals surface area (Å²) in [6.45, 7) is 2.14. The molecular formula is C16H17ClFN. The minimum atomic E-state index is -0.310. The van der Waals surface area contributed by atoms with E-state index in [1.54, 1.807) is 6.07 Å². The van der Waals surface area contributed by atoms with Crippen molar-refractivity contribution in [1.29, 1.82) is 0 Å². The SMILES string of the molecule is CNC(C)Cc1ccc(-c2cc(F)cc(Cl)c2)cc1. The fourth-order valence-corrected chi connectivity index (χ4v) is 2.23. The Kier molecular flexibility index (Phi) is 4.56. The van der Waals surface area contributed by atoms with Crippen molar-refractivity contribution < 1.29 is 4.39 Å². The summed E-state index contributed by atoms with van der Waals surface area (Å²) >= 11 is 5.87. The Morgan fingerprint density at radius 2 is 1.79 bits per heavy atom. The van der Waals surface area contributed by atoms with E-state index in [0.717, 1.165) is 17.5 Å². The van der Waals surface area contributed by atoms with Gasteiger partial charge in [0.25, 0.3) is 0 Å². The van der Waals surface area contributed by atoms with Gasteiger partial charge in [-0.15, -0.1) is 0 Å². The number of rotatable bonds is 4. The third-order valence-electron chi connectivity index (χ3n) is 3.18. The van der Waals surface area contributed by atoms with Crippen LogP contribution in [-0.2, 0) is 6.42 Å². The number of likely N-dealkylation sites (N-methyl/N-ethyl adjacent to an activating group) is 1. The molecule has 1 N–H and O–H groups in total. The van der Waals surface area contributed by atoms with Gasteiger partial charge in [0.05, 0.1) is 0 Å². The third kappa shape index (κ3) is 3.79. The summed E-state index contributed by atoms with van der Waals surface area (Å²) in [5.74, 6) is -0.310. The fraction of sp³-hybridized carbons (Fsp3) is 0.250.